The summed E-state index contributed by atoms with van der Waals surface area (Å²) < 4.78 is 27.4. The Morgan fingerprint density at radius 2 is 1.45 bits per heavy atom. The van der Waals surface area contributed by atoms with Gasteiger partial charge in [-0.1, -0.05) is 24.3 Å². The second-order valence-electron chi connectivity index (χ2n) is 8.34. The molecule has 0 aromatic heterocycles. The first-order valence-corrected chi connectivity index (χ1v) is 12.5. The number of carbonyl (C=O) groups is 3. The number of unbranched alkanes of at least 4 members (excludes halogenated alkanes) is 1. The predicted molar refractivity (Wildman–Crippen MR) is 123 cm³/mol. The molecule has 0 saturated carbocycles. The Kier molecular flexibility index (Phi) is 6.73. The van der Waals surface area contributed by atoms with E-state index in [1.807, 2.05) is 0 Å². The maximum absolute atomic E-state index is 13.0. The lowest BCUT2D eigenvalue weighted by atomic mass is 10.1. The van der Waals surface area contributed by atoms with Crippen molar-refractivity contribution < 1.29 is 22.8 Å². The van der Waals surface area contributed by atoms with Crippen molar-refractivity contribution in [2.45, 2.75) is 24.7 Å². The van der Waals surface area contributed by atoms with Gasteiger partial charge in [-0.25, -0.2) is 8.42 Å². The van der Waals surface area contributed by atoms with Crippen LogP contribution < -0.4 is 0 Å². The van der Waals surface area contributed by atoms with E-state index in [9.17, 15) is 22.8 Å². The van der Waals surface area contributed by atoms with E-state index in [0.29, 0.717) is 55.8 Å². The van der Waals surface area contributed by atoms with Crippen LogP contribution in [0.1, 0.15) is 50.8 Å². The van der Waals surface area contributed by atoms with Crippen molar-refractivity contribution >= 4 is 27.6 Å². The molecular formula is C24H27N3O5S. The van der Waals surface area contributed by atoms with E-state index in [4.69, 9.17) is 0 Å². The van der Waals surface area contributed by atoms with Gasteiger partial charge in [0.15, 0.2) is 5.78 Å². The molecule has 0 bridgehead atoms. The number of rotatable bonds is 8. The largest absolute Gasteiger partial charge is 0.301 e. The number of ketones is 1. The van der Waals surface area contributed by atoms with Crippen LogP contribution in [0.5, 0.6) is 0 Å². The lowest BCUT2D eigenvalue weighted by Crippen LogP contribution is -2.48. The van der Waals surface area contributed by atoms with E-state index in [1.54, 1.807) is 36.4 Å². The third-order valence-electron chi connectivity index (χ3n) is 6.19. The topological polar surface area (TPSA) is 95.1 Å². The van der Waals surface area contributed by atoms with Crippen LogP contribution in [0.25, 0.3) is 0 Å². The van der Waals surface area contributed by atoms with Gasteiger partial charge in [0, 0.05) is 38.3 Å². The number of hydrogen-bond acceptors (Lipinski definition) is 6. The van der Waals surface area contributed by atoms with Gasteiger partial charge in [-0.3, -0.25) is 19.3 Å². The van der Waals surface area contributed by atoms with Crippen molar-refractivity contribution in [1.29, 1.82) is 0 Å². The van der Waals surface area contributed by atoms with Crippen molar-refractivity contribution in [1.82, 2.24) is 14.1 Å². The Labute approximate surface area is 193 Å². The van der Waals surface area contributed by atoms with Gasteiger partial charge in [0.2, 0.25) is 10.0 Å². The van der Waals surface area contributed by atoms with Gasteiger partial charge in [-0.2, -0.15) is 4.31 Å². The molecule has 2 aliphatic heterocycles. The standard InChI is InChI=1S/C24H27N3O5S/c1-18(28)19-7-6-8-20(17-19)33(31,32)26-15-13-25(14-16-26)11-4-5-12-27-23(29)21-9-2-3-10-22(21)24(27)30/h2-3,6-10,17H,4-5,11-16H2,1H3. The van der Waals surface area contributed by atoms with Crippen molar-refractivity contribution in [3.05, 3.63) is 65.2 Å². The SMILES string of the molecule is CC(=O)c1cccc(S(=O)(=O)N2CCN(CCCCN3C(=O)c4ccccc4C3=O)CC2)c1. The summed E-state index contributed by atoms with van der Waals surface area (Å²) in [6.45, 7) is 4.55. The molecule has 0 atom stereocenters. The van der Waals surface area contributed by atoms with E-state index < -0.39 is 10.0 Å². The van der Waals surface area contributed by atoms with E-state index in [2.05, 4.69) is 4.90 Å². The number of sulfonamides is 1. The number of amides is 2. The maximum atomic E-state index is 13.0. The van der Waals surface area contributed by atoms with Gasteiger partial charge in [0.1, 0.15) is 0 Å². The predicted octanol–water partition coefficient (Wildman–Crippen LogP) is 2.27. The second-order valence-corrected chi connectivity index (χ2v) is 10.3. The first-order valence-electron chi connectivity index (χ1n) is 11.1. The highest BCUT2D eigenvalue weighted by atomic mass is 32.2. The highest BCUT2D eigenvalue weighted by Gasteiger charge is 2.34. The zero-order valence-electron chi connectivity index (χ0n) is 18.6. The zero-order valence-corrected chi connectivity index (χ0v) is 19.4. The molecule has 2 aromatic carbocycles. The minimum absolute atomic E-state index is 0.143. The summed E-state index contributed by atoms with van der Waals surface area (Å²) in [4.78, 5) is 40.1. The molecule has 174 valence electrons. The van der Waals surface area contributed by atoms with Gasteiger partial charge in [0.05, 0.1) is 16.0 Å². The summed E-state index contributed by atoms with van der Waals surface area (Å²) in [5, 5.41) is 0. The molecule has 2 aliphatic rings. The monoisotopic (exact) mass is 469 g/mol. The third kappa shape index (κ3) is 4.75. The molecule has 0 aliphatic carbocycles. The van der Waals surface area contributed by atoms with E-state index >= 15 is 0 Å². The number of imide groups is 1. The van der Waals surface area contributed by atoms with Crippen LogP contribution in [0.4, 0.5) is 0 Å². The Morgan fingerprint density at radius 1 is 0.848 bits per heavy atom. The number of Topliss-reactive ketones (excluding diaryl/α,β-unsaturated/α-hetero) is 1. The summed E-state index contributed by atoms with van der Waals surface area (Å²) in [5.74, 6) is -0.635. The van der Waals surface area contributed by atoms with Gasteiger partial charge >= 0.3 is 0 Å². The van der Waals surface area contributed by atoms with E-state index in [1.165, 1.54) is 28.3 Å². The summed E-state index contributed by atoms with van der Waals surface area (Å²) in [6.07, 6.45) is 1.50. The number of benzene rings is 2. The molecule has 2 amide bonds. The summed E-state index contributed by atoms with van der Waals surface area (Å²) >= 11 is 0. The molecule has 0 N–H and O–H groups in total. The van der Waals surface area contributed by atoms with E-state index in [-0.39, 0.29) is 22.5 Å². The molecular weight excluding hydrogens is 442 g/mol. The zero-order chi connectivity index (χ0) is 23.6. The molecule has 0 unspecified atom stereocenters. The van der Waals surface area contributed by atoms with Gasteiger partial charge in [-0.05, 0) is 50.6 Å². The average molecular weight is 470 g/mol. The molecule has 0 spiro atoms. The number of nitrogens with zero attached hydrogens (tertiary/aromatic N) is 3. The minimum atomic E-state index is -3.64. The van der Waals surface area contributed by atoms with Gasteiger partial charge in [0.25, 0.3) is 11.8 Å². The first kappa shape index (κ1) is 23.3. The second kappa shape index (κ2) is 9.54. The highest BCUT2D eigenvalue weighted by molar-refractivity contribution is 7.89. The van der Waals surface area contributed by atoms with Crippen LogP contribution in [0.3, 0.4) is 0 Å². The van der Waals surface area contributed by atoms with E-state index in [0.717, 1.165) is 13.0 Å². The molecule has 2 heterocycles. The number of carbonyl (C=O) groups excluding carboxylic acids is 3. The smallest absolute Gasteiger partial charge is 0.261 e. The van der Waals surface area contributed by atoms with Crippen LogP contribution in [0.2, 0.25) is 0 Å². The van der Waals surface area contributed by atoms with Crippen LogP contribution in [-0.4, -0.2) is 79.4 Å². The summed E-state index contributed by atoms with van der Waals surface area (Å²) in [7, 11) is -3.64. The molecule has 9 heteroatoms. The molecule has 33 heavy (non-hydrogen) atoms. The van der Waals surface area contributed by atoms with Gasteiger partial charge in [-0.15, -0.1) is 0 Å². The number of piperazine rings is 1. The number of hydrogen-bond donors (Lipinski definition) is 0. The fourth-order valence-corrected chi connectivity index (χ4v) is 5.73. The number of fused-ring (bicyclic) bond motifs is 1. The minimum Gasteiger partial charge on any atom is -0.301 e. The van der Waals surface area contributed by atoms with Crippen molar-refractivity contribution in [3.8, 4) is 0 Å². The van der Waals surface area contributed by atoms with Crippen molar-refractivity contribution in [2.75, 3.05) is 39.3 Å². The first-order chi connectivity index (χ1) is 15.8. The quantitative estimate of drug-likeness (QED) is 0.334. The maximum Gasteiger partial charge on any atom is 0.261 e. The molecule has 1 saturated heterocycles. The van der Waals surface area contributed by atoms with Gasteiger partial charge < -0.3 is 4.90 Å². The molecule has 8 nitrogen and oxygen atoms in total. The van der Waals surface area contributed by atoms with Crippen molar-refractivity contribution in [2.24, 2.45) is 0 Å². The Hall–Kier alpha value is -2.88. The fraction of sp³-hybridized carbons (Fsp3) is 0.375. The Balaban J connectivity index is 1.24. The average Bonchev–Trinajstić information content (AvgIpc) is 3.07. The highest BCUT2D eigenvalue weighted by Crippen LogP contribution is 2.23. The molecule has 4 rings (SSSR count). The summed E-state index contributed by atoms with van der Waals surface area (Å²) in [6, 6.07) is 13.0. The van der Waals surface area contributed by atoms with Crippen LogP contribution in [0.15, 0.2) is 53.4 Å². The Bertz CT molecular complexity index is 1150. The molecule has 1 fully saturated rings. The fourth-order valence-electron chi connectivity index (χ4n) is 4.27. The normalized spacial score (nSPS) is 17.4. The third-order valence-corrected chi connectivity index (χ3v) is 8.09. The molecule has 0 radical (unpaired) electrons. The Morgan fingerprint density at radius 3 is 2.06 bits per heavy atom. The lowest BCUT2D eigenvalue weighted by molar-refractivity contribution is 0.0649. The van der Waals surface area contributed by atoms with Crippen molar-refractivity contribution in [3.63, 3.8) is 0 Å². The van der Waals surface area contributed by atoms with Crippen LogP contribution in [0, 0.1) is 0 Å². The molecule has 2 aromatic rings. The van der Waals surface area contributed by atoms with Crippen LogP contribution in [-0.2, 0) is 10.0 Å². The van der Waals surface area contributed by atoms with Crippen LogP contribution >= 0.6 is 0 Å². The lowest BCUT2D eigenvalue weighted by Gasteiger charge is -2.34. The summed E-state index contributed by atoms with van der Waals surface area (Å²) in [5.41, 5.74) is 1.31.